The van der Waals surface area contributed by atoms with Crippen LogP contribution in [0.1, 0.15) is 19.3 Å². The molecule has 2 atom stereocenters. The zero-order valence-corrected chi connectivity index (χ0v) is 8.96. The van der Waals surface area contributed by atoms with Crippen LogP contribution in [-0.2, 0) is 10.0 Å². The van der Waals surface area contributed by atoms with E-state index < -0.39 is 10.0 Å². The molecule has 0 spiro atoms. The van der Waals surface area contributed by atoms with E-state index in [0.29, 0.717) is 6.54 Å². The first-order chi connectivity index (χ1) is 6.53. The van der Waals surface area contributed by atoms with Crippen molar-refractivity contribution < 1.29 is 13.5 Å². The van der Waals surface area contributed by atoms with Crippen molar-refractivity contribution in [2.45, 2.75) is 25.3 Å². The molecule has 0 saturated heterocycles. The third kappa shape index (κ3) is 3.91. The van der Waals surface area contributed by atoms with Crippen molar-refractivity contribution in [2.24, 2.45) is 11.1 Å². The monoisotopic (exact) mass is 222 g/mol. The number of aliphatic hydroxyl groups is 1. The maximum absolute atomic E-state index is 10.6. The van der Waals surface area contributed by atoms with Gasteiger partial charge in [0.2, 0.25) is 10.0 Å². The smallest absolute Gasteiger partial charge is 0.210 e. The quantitative estimate of drug-likeness (QED) is 0.558. The van der Waals surface area contributed by atoms with E-state index in [1.165, 1.54) is 0 Å². The number of hydrogen-bond donors (Lipinski definition) is 3. The van der Waals surface area contributed by atoms with Gasteiger partial charge < -0.3 is 10.4 Å². The van der Waals surface area contributed by atoms with Crippen molar-refractivity contribution >= 4 is 10.0 Å². The number of nitrogens with two attached hydrogens (primary N) is 1. The largest absolute Gasteiger partial charge is 0.396 e. The molecule has 1 aliphatic carbocycles. The molecular weight excluding hydrogens is 204 g/mol. The van der Waals surface area contributed by atoms with Crippen LogP contribution in [0.5, 0.6) is 0 Å². The van der Waals surface area contributed by atoms with E-state index >= 15 is 0 Å². The maximum Gasteiger partial charge on any atom is 0.210 e. The Labute approximate surface area is 84.7 Å². The van der Waals surface area contributed by atoms with Gasteiger partial charge in [0.25, 0.3) is 0 Å². The molecule has 1 saturated carbocycles. The highest BCUT2D eigenvalue weighted by Crippen LogP contribution is 2.24. The van der Waals surface area contributed by atoms with Crippen molar-refractivity contribution in [1.29, 1.82) is 0 Å². The number of hydrogen-bond acceptors (Lipinski definition) is 4. The number of nitrogens with one attached hydrogen (secondary N) is 1. The summed E-state index contributed by atoms with van der Waals surface area (Å²) in [6.07, 6.45) is 3.12. The lowest BCUT2D eigenvalue weighted by atomic mass is 10.1. The van der Waals surface area contributed by atoms with Crippen LogP contribution in [0, 0.1) is 5.92 Å². The first-order valence-corrected chi connectivity index (χ1v) is 6.59. The topological polar surface area (TPSA) is 92.4 Å². The van der Waals surface area contributed by atoms with Crippen LogP contribution in [0.2, 0.25) is 0 Å². The van der Waals surface area contributed by atoms with Crippen LogP contribution < -0.4 is 10.5 Å². The highest BCUT2D eigenvalue weighted by molar-refractivity contribution is 7.89. The molecule has 1 rings (SSSR count). The molecule has 14 heavy (non-hydrogen) atoms. The van der Waals surface area contributed by atoms with Crippen molar-refractivity contribution in [1.82, 2.24) is 5.32 Å². The Balaban J connectivity index is 2.24. The molecule has 0 heterocycles. The Morgan fingerprint density at radius 2 is 2.14 bits per heavy atom. The van der Waals surface area contributed by atoms with Gasteiger partial charge in [0.05, 0.1) is 5.75 Å². The van der Waals surface area contributed by atoms with E-state index in [9.17, 15) is 8.42 Å². The van der Waals surface area contributed by atoms with E-state index in [1.807, 2.05) is 0 Å². The average molecular weight is 222 g/mol. The molecule has 0 bridgehead atoms. The highest BCUT2D eigenvalue weighted by atomic mass is 32.2. The molecule has 0 aliphatic heterocycles. The molecule has 0 aromatic heterocycles. The van der Waals surface area contributed by atoms with Gasteiger partial charge in [-0.15, -0.1) is 0 Å². The molecule has 0 aromatic carbocycles. The Kier molecular flexibility index (Phi) is 4.31. The van der Waals surface area contributed by atoms with Gasteiger partial charge in [-0.2, -0.15) is 0 Å². The number of rotatable bonds is 5. The fraction of sp³-hybridized carbons (Fsp3) is 1.00. The molecule has 6 heteroatoms. The van der Waals surface area contributed by atoms with Crippen LogP contribution in [0.25, 0.3) is 0 Å². The van der Waals surface area contributed by atoms with E-state index in [0.717, 1.165) is 19.3 Å². The lowest BCUT2D eigenvalue weighted by Crippen LogP contribution is -2.38. The average Bonchev–Trinajstić information content (AvgIpc) is 2.49. The summed E-state index contributed by atoms with van der Waals surface area (Å²) >= 11 is 0. The molecule has 84 valence electrons. The Morgan fingerprint density at radius 1 is 1.43 bits per heavy atom. The van der Waals surface area contributed by atoms with Gasteiger partial charge in [0, 0.05) is 19.2 Å². The molecule has 0 radical (unpaired) electrons. The lowest BCUT2D eigenvalue weighted by Gasteiger charge is -2.18. The fourth-order valence-corrected chi connectivity index (χ4v) is 2.31. The summed E-state index contributed by atoms with van der Waals surface area (Å²) in [7, 11) is -3.37. The predicted molar refractivity (Wildman–Crippen MR) is 54.2 cm³/mol. The predicted octanol–water partition coefficient (Wildman–Crippen LogP) is -0.974. The normalized spacial score (nSPS) is 28.1. The van der Waals surface area contributed by atoms with Crippen LogP contribution in [-0.4, -0.2) is 38.5 Å². The van der Waals surface area contributed by atoms with E-state index in [2.05, 4.69) is 5.32 Å². The number of primary sulfonamides is 1. The summed E-state index contributed by atoms with van der Waals surface area (Å²) in [5.74, 6) is 0.234. The fourth-order valence-electron chi connectivity index (χ4n) is 1.91. The second kappa shape index (κ2) is 5.06. The van der Waals surface area contributed by atoms with Gasteiger partial charge >= 0.3 is 0 Å². The molecule has 1 fully saturated rings. The summed E-state index contributed by atoms with van der Waals surface area (Å²) in [5.41, 5.74) is 0. The summed E-state index contributed by atoms with van der Waals surface area (Å²) < 4.78 is 21.3. The molecule has 0 aromatic rings. The molecule has 1 aliphatic rings. The van der Waals surface area contributed by atoms with Gasteiger partial charge in [0.15, 0.2) is 0 Å². The van der Waals surface area contributed by atoms with Gasteiger partial charge in [-0.3, -0.25) is 0 Å². The second-order valence-corrected chi connectivity index (χ2v) is 5.54. The third-order valence-corrected chi connectivity index (χ3v) is 3.46. The summed E-state index contributed by atoms with van der Waals surface area (Å²) in [6.45, 7) is 0.549. The highest BCUT2D eigenvalue weighted by Gasteiger charge is 2.25. The minimum atomic E-state index is -3.37. The second-order valence-electron chi connectivity index (χ2n) is 3.80. The number of aliphatic hydroxyl groups excluding tert-OH is 1. The SMILES string of the molecule is NS(=O)(=O)CCNC1CCCC1CO. The standard InChI is InChI=1S/C8H18N2O3S/c9-14(12,13)5-4-10-8-3-1-2-7(8)6-11/h7-8,10-11H,1-6H2,(H2,9,12,13). The van der Waals surface area contributed by atoms with E-state index in [-0.39, 0.29) is 24.3 Å². The van der Waals surface area contributed by atoms with Crippen molar-refractivity contribution in [3.8, 4) is 0 Å². The number of sulfonamides is 1. The van der Waals surface area contributed by atoms with E-state index in [1.54, 1.807) is 0 Å². The molecule has 0 amide bonds. The zero-order valence-electron chi connectivity index (χ0n) is 8.15. The molecule has 2 unspecified atom stereocenters. The first kappa shape index (κ1) is 11.9. The van der Waals surface area contributed by atoms with Gasteiger partial charge in [-0.05, 0) is 18.8 Å². The van der Waals surface area contributed by atoms with Gasteiger partial charge in [-0.1, -0.05) is 6.42 Å². The maximum atomic E-state index is 10.6. The Morgan fingerprint density at radius 3 is 2.71 bits per heavy atom. The minimum absolute atomic E-state index is 0.0400. The zero-order chi connectivity index (χ0) is 10.6. The molecule has 4 N–H and O–H groups in total. The third-order valence-electron chi connectivity index (χ3n) is 2.69. The van der Waals surface area contributed by atoms with Gasteiger partial charge in [0.1, 0.15) is 0 Å². The lowest BCUT2D eigenvalue weighted by molar-refractivity contribution is 0.206. The Hall–Kier alpha value is -0.170. The van der Waals surface area contributed by atoms with E-state index in [4.69, 9.17) is 10.2 Å². The summed E-state index contributed by atoms with van der Waals surface area (Å²) in [4.78, 5) is 0. The van der Waals surface area contributed by atoms with Crippen LogP contribution in [0.4, 0.5) is 0 Å². The van der Waals surface area contributed by atoms with Crippen LogP contribution >= 0.6 is 0 Å². The minimum Gasteiger partial charge on any atom is -0.396 e. The van der Waals surface area contributed by atoms with Crippen LogP contribution in [0.3, 0.4) is 0 Å². The Bertz CT molecular complexity index is 266. The summed E-state index contributed by atoms with van der Waals surface area (Å²) in [5, 5.41) is 17.0. The summed E-state index contributed by atoms with van der Waals surface area (Å²) in [6, 6.07) is 0.252. The van der Waals surface area contributed by atoms with Crippen molar-refractivity contribution in [3.05, 3.63) is 0 Å². The first-order valence-electron chi connectivity index (χ1n) is 4.87. The van der Waals surface area contributed by atoms with Crippen LogP contribution in [0.15, 0.2) is 0 Å². The van der Waals surface area contributed by atoms with Crippen molar-refractivity contribution in [3.63, 3.8) is 0 Å². The van der Waals surface area contributed by atoms with Crippen molar-refractivity contribution in [2.75, 3.05) is 18.9 Å². The molecular formula is C8H18N2O3S. The van der Waals surface area contributed by atoms with Gasteiger partial charge in [-0.25, -0.2) is 13.6 Å². The molecule has 5 nitrogen and oxygen atoms in total.